The largest absolute Gasteiger partial charge is 0.322 e. The Balaban J connectivity index is 1.82. The summed E-state index contributed by atoms with van der Waals surface area (Å²) in [5.41, 5.74) is -0.365. The Labute approximate surface area is 151 Å². The lowest BCUT2D eigenvalue weighted by molar-refractivity contribution is 0.210. The van der Waals surface area contributed by atoms with Crippen LogP contribution in [0.4, 0.5) is 23.7 Å². The molecular formula is C18H15F3N4O2. The van der Waals surface area contributed by atoms with Crippen LogP contribution < -0.4 is 10.9 Å². The molecule has 0 aliphatic heterocycles. The maximum Gasteiger partial charge on any atom is 0.322 e. The summed E-state index contributed by atoms with van der Waals surface area (Å²) in [6.45, 7) is 1.81. The third kappa shape index (κ3) is 3.76. The lowest BCUT2D eigenvalue weighted by Gasteiger charge is -2.21. The van der Waals surface area contributed by atoms with Crippen LogP contribution in [0.2, 0.25) is 0 Å². The van der Waals surface area contributed by atoms with Crippen LogP contribution in [-0.2, 0) is 6.54 Å². The minimum absolute atomic E-state index is 0.0618. The normalized spacial score (nSPS) is 10.8. The Kier molecular flexibility index (Phi) is 5.11. The molecule has 3 aromatic rings. The molecule has 1 heterocycles. The topological polar surface area (TPSA) is 78.1 Å². The number of urea groups is 1. The van der Waals surface area contributed by atoms with E-state index in [-0.39, 0.29) is 24.5 Å². The molecule has 9 heteroatoms. The van der Waals surface area contributed by atoms with Crippen LogP contribution in [-0.4, -0.2) is 27.4 Å². The number of amides is 2. The van der Waals surface area contributed by atoms with E-state index in [9.17, 15) is 22.8 Å². The van der Waals surface area contributed by atoms with Gasteiger partial charge < -0.3 is 15.2 Å². The number of anilines is 1. The first-order chi connectivity index (χ1) is 12.9. The molecule has 2 aromatic carbocycles. The molecule has 0 unspecified atom stereocenters. The molecule has 0 spiro atoms. The van der Waals surface area contributed by atoms with Gasteiger partial charge in [0.25, 0.3) is 5.56 Å². The first-order valence-corrected chi connectivity index (χ1v) is 8.08. The second-order valence-electron chi connectivity index (χ2n) is 5.70. The molecule has 2 amide bonds. The number of carbonyl (C=O) groups is 1. The third-order valence-corrected chi connectivity index (χ3v) is 3.95. The van der Waals surface area contributed by atoms with Crippen molar-refractivity contribution in [2.75, 3.05) is 11.9 Å². The number of aromatic nitrogens is 2. The summed E-state index contributed by atoms with van der Waals surface area (Å²) in [7, 11) is 0. The van der Waals surface area contributed by atoms with Crippen LogP contribution in [0, 0.1) is 17.5 Å². The minimum atomic E-state index is -1.67. The fourth-order valence-electron chi connectivity index (χ4n) is 2.53. The van der Waals surface area contributed by atoms with Gasteiger partial charge in [-0.05, 0) is 31.2 Å². The van der Waals surface area contributed by atoms with Gasteiger partial charge in [0.2, 0.25) is 0 Å². The summed E-state index contributed by atoms with van der Waals surface area (Å²) in [4.78, 5) is 32.6. The summed E-state index contributed by atoms with van der Waals surface area (Å²) >= 11 is 0. The molecule has 2 N–H and O–H groups in total. The van der Waals surface area contributed by atoms with Crippen LogP contribution >= 0.6 is 0 Å². The van der Waals surface area contributed by atoms with Crippen molar-refractivity contribution in [2.45, 2.75) is 13.5 Å². The van der Waals surface area contributed by atoms with Gasteiger partial charge in [-0.3, -0.25) is 4.79 Å². The van der Waals surface area contributed by atoms with E-state index < -0.39 is 29.2 Å². The van der Waals surface area contributed by atoms with Crippen molar-refractivity contribution >= 4 is 22.6 Å². The lowest BCUT2D eigenvalue weighted by atomic mass is 10.2. The number of H-pyrrole nitrogens is 1. The van der Waals surface area contributed by atoms with Gasteiger partial charge in [0.1, 0.15) is 5.82 Å². The van der Waals surface area contributed by atoms with E-state index in [4.69, 9.17) is 0 Å². The fourth-order valence-corrected chi connectivity index (χ4v) is 2.53. The third-order valence-electron chi connectivity index (χ3n) is 3.95. The predicted octanol–water partition coefficient (Wildman–Crippen LogP) is 3.39. The van der Waals surface area contributed by atoms with Crippen molar-refractivity contribution in [2.24, 2.45) is 0 Å². The zero-order valence-corrected chi connectivity index (χ0v) is 14.2. The number of rotatable bonds is 4. The van der Waals surface area contributed by atoms with Crippen molar-refractivity contribution in [1.29, 1.82) is 0 Å². The molecule has 6 nitrogen and oxygen atoms in total. The molecule has 0 aliphatic carbocycles. The van der Waals surface area contributed by atoms with Gasteiger partial charge in [0.05, 0.1) is 23.1 Å². The number of halogens is 3. The number of fused-ring (bicyclic) bond motifs is 1. The van der Waals surface area contributed by atoms with Crippen LogP contribution in [0.3, 0.4) is 0 Å². The van der Waals surface area contributed by atoms with Gasteiger partial charge in [0, 0.05) is 6.54 Å². The van der Waals surface area contributed by atoms with E-state index >= 15 is 0 Å². The number of nitrogens with one attached hydrogen (secondary N) is 2. The minimum Gasteiger partial charge on any atom is -0.317 e. The molecule has 0 fully saturated rings. The average Bonchev–Trinajstić information content (AvgIpc) is 2.66. The zero-order chi connectivity index (χ0) is 19.6. The molecule has 0 bridgehead atoms. The van der Waals surface area contributed by atoms with E-state index in [0.29, 0.717) is 17.0 Å². The molecule has 0 radical (unpaired) electrons. The lowest BCUT2D eigenvalue weighted by Crippen LogP contribution is -2.35. The maximum absolute atomic E-state index is 13.7. The predicted molar refractivity (Wildman–Crippen MR) is 93.8 cm³/mol. The number of carbonyl (C=O) groups excluding carboxylic acids is 1. The van der Waals surface area contributed by atoms with Crippen molar-refractivity contribution in [3.8, 4) is 0 Å². The van der Waals surface area contributed by atoms with E-state index in [1.54, 1.807) is 31.2 Å². The van der Waals surface area contributed by atoms with Crippen LogP contribution in [0.25, 0.3) is 10.9 Å². The van der Waals surface area contributed by atoms with Gasteiger partial charge in [-0.15, -0.1) is 0 Å². The van der Waals surface area contributed by atoms with Crippen molar-refractivity contribution in [3.63, 3.8) is 0 Å². The molecule has 27 heavy (non-hydrogen) atoms. The van der Waals surface area contributed by atoms with E-state index in [0.717, 1.165) is 6.07 Å². The Morgan fingerprint density at radius 3 is 2.63 bits per heavy atom. The van der Waals surface area contributed by atoms with Crippen LogP contribution in [0.5, 0.6) is 0 Å². The van der Waals surface area contributed by atoms with E-state index in [2.05, 4.69) is 15.3 Å². The average molecular weight is 376 g/mol. The summed E-state index contributed by atoms with van der Waals surface area (Å²) in [6.07, 6.45) is 0. The fraction of sp³-hybridized carbons (Fsp3) is 0.167. The monoisotopic (exact) mass is 376 g/mol. The zero-order valence-electron chi connectivity index (χ0n) is 14.2. The van der Waals surface area contributed by atoms with Gasteiger partial charge in [-0.1, -0.05) is 12.1 Å². The van der Waals surface area contributed by atoms with Crippen LogP contribution in [0.15, 0.2) is 41.2 Å². The second kappa shape index (κ2) is 7.48. The highest BCUT2D eigenvalue weighted by atomic mass is 19.2. The number of hydrogen-bond acceptors (Lipinski definition) is 3. The molecule has 0 aliphatic rings. The number of hydrogen-bond donors (Lipinski definition) is 2. The second-order valence-corrected chi connectivity index (χ2v) is 5.70. The Hall–Kier alpha value is -3.36. The molecule has 1 aromatic heterocycles. The highest BCUT2D eigenvalue weighted by molar-refractivity contribution is 5.89. The molecule has 0 saturated heterocycles. The molecule has 140 valence electrons. The summed E-state index contributed by atoms with van der Waals surface area (Å²) in [5.74, 6) is -4.27. The number of para-hydroxylation sites is 1. The first-order valence-electron chi connectivity index (χ1n) is 8.08. The van der Waals surface area contributed by atoms with Gasteiger partial charge >= 0.3 is 6.03 Å². The van der Waals surface area contributed by atoms with E-state index in [1.807, 2.05) is 0 Å². The van der Waals surface area contributed by atoms with Gasteiger partial charge in [-0.25, -0.2) is 22.9 Å². The van der Waals surface area contributed by atoms with Crippen molar-refractivity contribution in [3.05, 3.63) is 70.0 Å². The number of benzene rings is 2. The Morgan fingerprint density at radius 1 is 1.15 bits per heavy atom. The van der Waals surface area contributed by atoms with E-state index in [1.165, 1.54) is 4.90 Å². The maximum atomic E-state index is 13.7. The number of aromatic amines is 1. The van der Waals surface area contributed by atoms with Crippen molar-refractivity contribution < 1.29 is 18.0 Å². The molecule has 3 rings (SSSR count). The van der Waals surface area contributed by atoms with Crippen molar-refractivity contribution in [1.82, 2.24) is 14.9 Å². The highest BCUT2D eigenvalue weighted by Gasteiger charge is 2.19. The van der Waals surface area contributed by atoms with Gasteiger partial charge in [0.15, 0.2) is 17.5 Å². The summed E-state index contributed by atoms with van der Waals surface area (Å²) in [6, 6.07) is 7.62. The standard InChI is InChI=1S/C18H15F3N4O2/c1-2-25(18(27)23-13-8-7-11(19)15(20)16(13)21)9-14-22-12-6-4-3-5-10(12)17(26)24-14/h3-8H,2,9H2,1H3,(H,23,27)(H,22,24,26). The summed E-state index contributed by atoms with van der Waals surface area (Å²) < 4.78 is 40.0. The Bertz CT molecular complexity index is 1070. The smallest absolute Gasteiger partial charge is 0.317 e. The van der Waals surface area contributed by atoms with Gasteiger partial charge in [-0.2, -0.15) is 0 Å². The Morgan fingerprint density at radius 2 is 1.89 bits per heavy atom. The summed E-state index contributed by atoms with van der Waals surface area (Å²) in [5, 5.41) is 2.60. The molecular weight excluding hydrogens is 361 g/mol. The highest BCUT2D eigenvalue weighted by Crippen LogP contribution is 2.20. The SMILES string of the molecule is CCN(Cc1nc2ccccc2c(=O)[nH]1)C(=O)Nc1ccc(F)c(F)c1F. The number of nitrogens with zero attached hydrogens (tertiary/aromatic N) is 2. The quantitative estimate of drug-likeness (QED) is 0.685. The molecule has 0 atom stereocenters. The first kappa shape index (κ1) is 18.4. The van der Waals surface area contributed by atoms with Crippen LogP contribution in [0.1, 0.15) is 12.7 Å². The molecule has 0 saturated carbocycles.